The van der Waals surface area contributed by atoms with Gasteiger partial charge < -0.3 is 20.5 Å². The van der Waals surface area contributed by atoms with Gasteiger partial charge in [-0.3, -0.25) is 14.4 Å². The second kappa shape index (κ2) is 10.6. The van der Waals surface area contributed by atoms with Gasteiger partial charge in [-0.2, -0.15) is 0 Å². The zero-order valence-corrected chi connectivity index (χ0v) is 21.3. The average molecular weight is 510 g/mol. The highest BCUT2D eigenvalue weighted by Gasteiger charge is 2.23. The van der Waals surface area contributed by atoms with E-state index < -0.39 is 11.0 Å². The molecule has 0 saturated carbocycles. The maximum Gasteiger partial charge on any atom is 0.283 e. The number of anilines is 2. The third-order valence-corrected chi connectivity index (χ3v) is 5.41. The molecule has 2 heterocycles. The van der Waals surface area contributed by atoms with Crippen molar-refractivity contribution in [3.63, 3.8) is 0 Å². The lowest BCUT2D eigenvalue weighted by atomic mass is 10.1. The molecule has 3 N–H and O–H groups in total. The molecule has 0 aliphatic carbocycles. The van der Waals surface area contributed by atoms with Crippen molar-refractivity contribution in [3.8, 4) is 22.7 Å². The van der Waals surface area contributed by atoms with Gasteiger partial charge in [0.2, 0.25) is 0 Å². The molecule has 1 atom stereocenters. The second-order valence-corrected chi connectivity index (χ2v) is 9.46. The number of rotatable bonds is 7. The smallest absolute Gasteiger partial charge is 0.283 e. The number of aliphatic imine (C=N–C) groups is 1. The van der Waals surface area contributed by atoms with Gasteiger partial charge in [0.1, 0.15) is 29.2 Å². The number of hydrogen-bond donors (Lipinski definition) is 4. The molecule has 10 heteroatoms. The molecule has 0 spiro atoms. The van der Waals surface area contributed by atoms with Gasteiger partial charge in [0.05, 0.1) is 11.8 Å². The molecule has 8 nitrogen and oxygen atoms in total. The Morgan fingerprint density at radius 2 is 1.94 bits per heavy atom. The van der Waals surface area contributed by atoms with Gasteiger partial charge in [0.25, 0.3) is 5.56 Å². The van der Waals surface area contributed by atoms with Crippen LogP contribution in [0.25, 0.3) is 23.0 Å². The lowest BCUT2D eigenvalue weighted by molar-refractivity contribution is 0.0506. The quantitative estimate of drug-likeness (QED) is 0.164. The summed E-state index contributed by atoms with van der Waals surface area (Å²) >= 11 is 8.27. The first-order valence-electron chi connectivity index (χ1n) is 11.0. The Balaban J connectivity index is 1.89. The first-order chi connectivity index (χ1) is 16.8. The highest BCUT2D eigenvalue weighted by molar-refractivity contribution is 7.98. The molecule has 2 aromatic carbocycles. The highest BCUT2D eigenvalue weighted by Crippen LogP contribution is 2.29. The van der Waals surface area contributed by atoms with Crippen molar-refractivity contribution in [2.75, 3.05) is 18.1 Å². The van der Waals surface area contributed by atoms with Gasteiger partial charge in [-0.15, -0.1) is 25.3 Å². The fraction of sp³-hybridized carbons (Fsp3) is 0.240. The summed E-state index contributed by atoms with van der Waals surface area (Å²) in [6.45, 7) is 3.90. The first kappa shape index (κ1) is 24.9. The van der Waals surface area contributed by atoms with Crippen molar-refractivity contribution < 1.29 is 9.47 Å². The molecule has 1 aliphatic rings. The number of fused-ring (bicyclic) bond motifs is 1. The minimum absolute atomic E-state index is 0.00798. The van der Waals surface area contributed by atoms with Gasteiger partial charge in [-0.25, -0.2) is 4.98 Å². The molecule has 1 aromatic heterocycles. The van der Waals surface area contributed by atoms with Gasteiger partial charge in [-0.05, 0) is 62.4 Å². The van der Waals surface area contributed by atoms with E-state index in [0.29, 0.717) is 39.8 Å². The van der Waals surface area contributed by atoms with E-state index in [4.69, 9.17) is 20.2 Å². The number of aromatic nitrogens is 2. The molecule has 3 aromatic rings. The summed E-state index contributed by atoms with van der Waals surface area (Å²) in [5.41, 5.74) is 9.22. The van der Waals surface area contributed by atoms with E-state index in [2.05, 4.69) is 35.6 Å². The molecule has 0 fully saturated rings. The molecule has 1 aliphatic heterocycles. The van der Waals surface area contributed by atoms with Crippen LogP contribution in [0.5, 0.6) is 5.75 Å². The summed E-state index contributed by atoms with van der Waals surface area (Å²) in [5, 5.41) is 3.30. The number of nitrogens with one attached hydrogen (secondary N) is 1. The topological polar surface area (TPSA) is 104 Å². The van der Waals surface area contributed by atoms with Crippen molar-refractivity contribution in [1.82, 2.24) is 9.55 Å². The Morgan fingerprint density at radius 1 is 1.20 bits per heavy atom. The molecule has 35 heavy (non-hydrogen) atoms. The van der Waals surface area contributed by atoms with E-state index in [9.17, 15) is 4.79 Å². The summed E-state index contributed by atoms with van der Waals surface area (Å²) < 4.78 is 12.4. The van der Waals surface area contributed by atoms with Crippen LogP contribution in [-0.4, -0.2) is 39.9 Å². The minimum Gasteiger partial charge on any atom is -0.470 e. The number of hydrogen-bond acceptors (Lipinski definition) is 9. The Labute approximate surface area is 214 Å². The largest absolute Gasteiger partial charge is 0.470 e. The van der Waals surface area contributed by atoms with E-state index in [1.807, 2.05) is 32.1 Å². The lowest BCUT2D eigenvalue weighted by Crippen LogP contribution is -2.33. The normalized spacial score (nSPS) is 15.0. The Hall–Kier alpha value is -3.21. The Bertz CT molecular complexity index is 1330. The molecule has 0 bridgehead atoms. The fourth-order valence-electron chi connectivity index (χ4n) is 3.73. The highest BCUT2D eigenvalue weighted by atomic mass is 32.2. The summed E-state index contributed by atoms with van der Waals surface area (Å²) in [6, 6.07) is 12.4. The van der Waals surface area contributed by atoms with Crippen LogP contribution in [0.1, 0.15) is 25.1 Å². The summed E-state index contributed by atoms with van der Waals surface area (Å²) in [5.74, 6) is 1.11. The minimum atomic E-state index is -0.559. The van der Waals surface area contributed by atoms with Gasteiger partial charge in [0.15, 0.2) is 4.77 Å². The fourth-order valence-corrected chi connectivity index (χ4v) is 3.98. The molecule has 182 valence electrons. The summed E-state index contributed by atoms with van der Waals surface area (Å²) in [6.07, 6.45) is 4.98. The number of nitrogens with two attached hydrogens (primary N) is 1. The van der Waals surface area contributed by atoms with Crippen molar-refractivity contribution >= 4 is 49.1 Å². The van der Waals surface area contributed by atoms with E-state index >= 15 is 0 Å². The van der Waals surface area contributed by atoms with Crippen molar-refractivity contribution in [2.45, 2.75) is 30.9 Å². The standard InChI is InChI=1S/C25H27N5O3S2/c1-14(2)32-21-11-10-20-23(29-21)30(17-5-7-18(8-6-17)33-25(34)35)24(31)22(28-20)15-4-9-19(26)16(12-15)13-27-3/h4-14,21,25,29,34-35H,26H2,1-3H3. The summed E-state index contributed by atoms with van der Waals surface area (Å²) in [7, 11) is 1.67. The Morgan fingerprint density at radius 3 is 2.60 bits per heavy atom. The number of thiol groups is 2. The lowest BCUT2D eigenvalue weighted by Gasteiger charge is -2.27. The first-order valence-corrected chi connectivity index (χ1v) is 12.0. The predicted octanol–water partition coefficient (Wildman–Crippen LogP) is 4.24. The zero-order valence-electron chi connectivity index (χ0n) is 19.5. The predicted molar refractivity (Wildman–Crippen MR) is 148 cm³/mol. The number of nitrogens with zero attached hydrogens (tertiary/aromatic N) is 3. The van der Waals surface area contributed by atoms with Gasteiger partial charge in [-0.1, -0.05) is 6.07 Å². The molecule has 0 radical (unpaired) electrons. The van der Waals surface area contributed by atoms with Crippen LogP contribution in [0.4, 0.5) is 11.5 Å². The van der Waals surface area contributed by atoms with Crippen LogP contribution in [0.3, 0.4) is 0 Å². The third-order valence-electron chi connectivity index (χ3n) is 5.20. The number of benzene rings is 2. The average Bonchev–Trinajstić information content (AvgIpc) is 2.80. The maximum absolute atomic E-state index is 13.9. The third kappa shape index (κ3) is 5.55. The molecule has 0 saturated heterocycles. The van der Waals surface area contributed by atoms with Crippen molar-refractivity contribution in [1.29, 1.82) is 0 Å². The monoisotopic (exact) mass is 509 g/mol. The maximum atomic E-state index is 13.9. The number of ether oxygens (including phenoxy) is 2. The van der Waals surface area contributed by atoms with Gasteiger partial charge in [0, 0.05) is 30.1 Å². The van der Waals surface area contributed by atoms with Crippen LogP contribution in [0.2, 0.25) is 0 Å². The Kier molecular flexibility index (Phi) is 7.54. The zero-order chi connectivity index (χ0) is 25.1. The van der Waals surface area contributed by atoms with Gasteiger partial charge >= 0.3 is 0 Å². The van der Waals surface area contributed by atoms with E-state index in [0.717, 1.165) is 0 Å². The van der Waals surface area contributed by atoms with E-state index in [1.165, 1.54) is 0 Å². The van der Waals surface area contributed by atoms with Crippen LogP contribution < -0.4 is 21.3 Å². The molecular formula is C25H27N5O3S2. The molecule has 1 unspecified atom stereocenters. The molecular weight excluding hydrogens is 482 g/mol. The SMILES string of the molecule is CN=Cc1cc(-c2nc3c(n(-c4ccc(OC(S)S)cc4)c2=O)NC(OC(C)C)C=C3)ccc1N. The van der Waals surface area contributed by atoms with Crippen molar-refractivity contribution in [3.05, 3.63) is 70.2 Å². The van der Waals surface area contributed by atoms with Crippen LogP contribution in [0.15, 0.2) is 58.3 Å². The van der Waals surface area contributed by atoms with E-state index in [-0.39, 0.29) is 17.4 Å². The second-order valence-electron chi connectivity index (χ2n) is 8.11. The van der Waals surface area contributed by atoms with Crippen LogP contribution in [0, 0.1) is 0 Å². The van der Waals surface area contributed by atoms with Crippen LogP contribution >= 0.6 is 25.3 Å². The summed E-state index contributed by atoms with van der Waals surface area (Å²) in [4.78, 5) is 22.6. The number of nitrogen functional groups attached to an aromatic ring is 1. The molecule has 0 amide bonds. The van der Waals surface area contributed by atoms with Crippen LogP contribution in [-0.2, 0) is 4.74 Å². The van der Waals surface area contributed by atoms with E-state index in [1.54, 1.807) is 54.2 Å². The van der Waals surface area contributed by atoms with Crippen molar-refractivity contribution in [2.24, 2.45) is 4.99 Å². The molecule has 4 rings (SSSR count).